The van der Waals surface area contributed by atoms with Gasteiger partial charge < -0.3 is 4.98 Å². The molecule has 96 valence electrons. The predicted octanol–water partition coefficient (Wildman–Crippen LogP) is 2.89. The number of H-pyrrole nitrogens is 1. The Kier molecular flexibility index (Phi) is 2.79. The van der Waals surface area contributed by atoms with Crippen molar-refractivity contribution < 1.29 is 4.79 Å². The van der Waals surface area contributed by atoms with Gasteiger partial charge in [-0.25, -0.2) is 0 Å². The Bertz CT molecular complexity index is 745. The molecule has 1 amide bonds. The van der Waals surface area contributed by atoms with Crippen molar-refractivity contribution in [2.45, 2.75) is 13.8 Å². The quantitative estimate of drug-likeness (QED) is 0.753. The third-order valence-corrected chi connectivity index (χ3v) is 3.78. The molecule has 0 saturated heterocycles. The van der Waals surface area contributed by atoms with E-state index in [1.165, 1.54) is 16.9 Å². The number of amides is 1. The number of aromatic amines is 1. The molecule has 0 aliphatic heterocycles. The molecule has 5 nitrogen and oxygen atoms in total. The van der Waals surface area contributed by atoms with Crippen LogP contribution in [0.5, 0.6) is 0 Å². The van der Waals surface area contributed by atoms with Gasteiger partial charge in [0.2, 0.25) is 5.13 Å². The van der Waals surface area contributed by atoms with Crippen molar-refractivity contribution in [1.82, 2.24) is 15.2 Å². The summed E-state index contributed by atoms with van der Waals surface area (Å²) in [7, 11) is 0. The van der Waals surface area contributed by atoms with E-state index in [4.69, 9.17) is 0 Å². The molecule has 0 spiro atoms. The van der Waals surface area contributed by atoms with Crippen molar-refractivity contribution >= 4 is 33.3 Å². The molecule has 0 aliphatic rings. The lowest BCUT2D eigenvalue weighted by Gasteiger charge is -2.03. The highest BCUT2D eigenvalue weighted by atomic mass is 32.1. The van der Waals surface area contributed by atoms with E-state index in [-0.39, 0.29) is 5.91 Å². The van der Waals surface area contributed by atoms with E-state index >= 15 is 0 Å². The zero-order chi connectivity index (χ0) is 13.4. The number of hydrogen-bond acceptors (Lipinski definition) is 4. The molecule has 0 aliphatic carbocycles. The molecule has 0 fully saturated rings. The van der Waals surface area contributed by atoms with Gasteiger partial charge in [0.25, 0.3) is 5.91 Å². The number of carbonyl (C=O) groups excluding carboxylic acids is 1. The highest BCUT2D eigenvalue weighted by Crippen LogP contribution is 2.24. The average Bonchev–Trinajstić information content (AvgIpc) is 2.99. The largest absolute Gasteiger partial charge is 0.358 e. The van der Waals surface area contributed by atoms with Gasteiger partial charge >= 0.3 is 0 Å². The van der Waals surface area contributed by atoms with Crippen molar-refractivity contribution in [3.63, 3.8) is 0 Å². The Morgan fingerprint density at radius 2 is 2.21 bits per heavy atom. The lowest BCUT2D eigenvalue weighted by Crippen LogP contribution is -2.12. The minimum Gasteiger partial charge on any atom is -0.358 e. The zero-order valence-electron chi connectivity index (χ0n) is 10.5. The summed E-state index contributed by atoms with van der Waals surface area (Å²) in [6, 6.07) is 5.70. The zero-order valence-corrected chi connectivity index (χ0v) is 11.3. The Morgan fingerprint density at radius 1 is 1.37 bits per heavy atom. The standard InChI is InChI=1S/C13H12N4OS/c1-7-8(2)15-11-9(7)4-3-5-10(11)12(18)16-13-17-14-6-19-13/h3-6,15H,1-2H3,(H,16,17,18). The second-order valence-corrected chi connectivity index (χ2v) is 5.13. The molecule has 2 N–H and O–H groups in total. The summed E-state index contributed by atoms with van der Waals surface area (Å²) in [5.41, 5.74) is 5.30. The molecule has 3 aromatic rings. The Morgan fingerprint density at radius 3 is 2.95 bits per heavy atom. The van der Waals surface area contributed by atoms with Crippen molar-refractivity contribution in [3.05, 3.63) is 40.5 Å². The molecular weight excluding hydrogens is 260 g/mol. The highest BCUT2D eigenvalue weighted by molar-refractivity contribution is 7.13. The topological polar surface area (TPSA) is 70.7 Å². The molecule has 0 unspecified atom stereocenters. The Hall–Kier alpha value is -2.21. The van der Waals surface area contributed by atoms with Gasteiger partial charge in [0.15, 0.2) is 0 Å². The van der Waals surface area contributed by atoms with Gasteiger partial charge in [-0.1, -0.05) is 23.5 Å². The number of fused-ring (bicyclic) bond motifs is 1. The molecule has 2 heterocycles. The first kappa shape index (κ1) is 11.9. The third-order valence-electron chi connectivity index (χ3n) is 3.17. The van der Waals surface area contributed by atoms with Crippen LogP contribution < -0.4 is 5.32 Å². The van der Waals surface area contributed by atoms with E-state index in [9.17, 15) is 4.79 Å². The molecule has 2 aromatic heterocycles. The fourth-order valence-corrected chi connectivity index (χ4v) is 2.50. The van der Waals surface area contributed by atoms with E-state index in [0.29, 0.717) is 10.7 Å². The lowest BCUT2D eigenvalue weighted by molar-refractivity contribution is 0.102. The van der Waals surface area contributed by atoms with Crippen LogP contribution in [0.2, 0.25) is 0 Å². The third kappa shape index (κ3) is 2.00. The molecule has 0 radical (unpaired) electrons. The number of hydrogen-bond donors (Lipinski definition) is 2. The summed E-state index contributed by atoms with van der Waals surface area (Å²) in [6.07, 6.45) is 0. The summed E-state index contributed by atoms with van der Waals surface area (Å²) >= 11 is 1.30. The number of benzene rings is 1. The van der Waals surface area contributed by atoms with Crippen LogP contribution in [0.4, 0.5) is 5.13 Å². The van der Waals surface area contributed by atoms with Crippen LogP contribution >= 0.6 is 11.3 Å². The smallest absolute Gasteiger partial charge is 0.259 e. The average molecular weight is 272 g/mol. The molecule has 3 rings (SSSR count). The van der Waals surface area contributed by atoms with E-state index in [2.05, 4.69) is 20.5 Å². The minimum atomic E-state index is -0.177. The molecule has 0 atom stereocenters. The number of para-hydroxylation sites is 1. The number of carbonyl (C=O) groups is 1. The van der Waals surface area contributed by atoms with Gasteiger partial charge in [-0.15, -0.1) is 10.2 Å². The summed E-state index contributed by atoms with van der Waals surface area (Å²) in [4.78, 5) is 15.5. The Labute approximate surface area is 113 Å². The van der Waals surface area contributed by atoms with Crippen LogP contribution in [0.1, 0.15) is 21.6 Å². The number of nitrogens with one attached hydrogen (secondary N) is 2. The number of aromatic nitrogens is 3. The van der Waals surface area contributed by atoms with E-state index < -0.39 is 0 Å². The number of rotatable bonds is 2. The van der Waals surface area contributed by atoms with Crippen LogP contribution in [0, 0.1) is 13.8 Å². The summed E-state index contributed by atoms with van der Waals surface area (Å²) < 4.78 is 0. The normalized spacial score (nSPS) is 10.8. The van der Waals surface area contributed by atoms with Gasteiger partial charge in [0, 0.05) is 11.1 Å². The minimum absolute atomic E-state index is 0.177. The maximum Gasteiger partial charge on any atom is 0.259 e. The molecule has 0 saturated carbocycles. The lowest BCUT2D eigenvalue weighted by atomic mass is 10.1. The fourth-order valence-electron chi connectivity index (χ4n) is 2.06. The first-order chi connectivity index (χ1) is 9.16. The van der Waals surface area contributed by atoms with Gasteiger partial charge in [-0.05, 0) is 25.5 Å². The van der Waals surface area contributed by atoms with E-state index in [1.54, 1.807) is 11.6 Å². The molecule has 1 aromatic carbocycles. The predicted molar refractivity (Wildman–Crippen MR) is 75.6 cm³/mol. The van der Waals surface area contributed by atoms with Gasteiger partial charge in [0.05, 0.1) is 11.1 Å². The van der Waals surface area contributed by atoms with Crippen molar-refractivity contribution in [3.8, 4) is 0 Å². The van der Waals surface area contributed by atoms with Crippen molar-refractivity contribution in [2.24, 2.45) is 0 Å². The van der Waals surface area contributed by atoms with E-state index in [1.807, 2.05) is 26.0 Å². The van der Waals surface area contributed by atoms with E-state index in [0.717, 1.165) is 16.6 Å². The monoisotopic (exact) mass is 272 g/mol. The number of anilines is 1. The van der Waals surface area contributed by atoms with Gasteiger partial charge in [-0.2, -0.15) is 0 Å². The first-order valence-corrected chi connectivity index (χ1v) is 6.70. The van der Waals surface area contributed by atoms with Gasteiger partial charge in [0.1, 0.15) is 5.51 Å². The second-order valence-electron chi connectivity index (χ2n) is 4.30. The Balaban J connectivity index is 2.05. The molecule has 0 bridgehead atoms. The van der Waals surface area contributed by atoms with Crippen LogP contribution in [0.3, 0.4) is 0 Å². The van der Waals surface area contributed by atoms with Crippen molar-refractivity contribution in [1.29, 1.82) is 0 Å². The van der Waals surface area contributed by atoms with Crippen LogP contribution in [-0.2, 0) is 0 Å². The maximum absolute atomic E-state index is 12.3. The summed E-state index contributed by atoms with van der Waals surface area (Å²) in [6.45, 7) is 4.04. The molecule has 6 heteroatoms. The highest BCUT2D eigenvalue weighted by Gasteiger charge is 2.14. The summed E-state index contributed by atoms with van der Waals surface area (Å²) in [5.74, 6) is -0.177. The van der Waals surface area contributed by atoms with Crippen LogP contribution in [0.15, 0.2) is 23.7 Å². The second kappa shape index (κ2) is 4.47. The summed E-state index contributed by atoms with van der Waals surface area (Å²) in [5, 5.41) is 11.8. The SMILES string of the molecule is Cc1[nH]c2c(C(=O)Nc3nncs3)cccc2c1C. The van der Waals surface area contributed by atoms with Crippen molar-refractivity contribution in [2.75, 3.05) is 5.32 Å². The molecule has 19 heavy (non-hydrogen) atoms. The fraction of sp³-hybridized carbons (Fsp3) is 0.154. The van der Waals surface area contributed by atoms with Gasteiger partial charge in [-0.3, -0.25) is 10.1 Å². The molecular formula is C13H12N4OS. The first-order valence-electron chi connectivity index (χ1n) is 5.82. The number of aryl methyl sites for hydroxylation is 2. The van der Waals surface area contributed by atoms with Crippen LogP contribution in [-0.4, -0.2) is 21.1 Å². The van der Waals surface area contributed by atoms with Crippen LogP contribution in [0.25, 0.3) is 10.9 Å². The number of nitrogens with zero attached hydrogens (tertiary/aromatic N) is 2. The maximum atomic E-state index is 12.3.